The van der Waals surface area contributed by atoms with Crippen LogP contribution >= 0.6 is 0 Å². The minimum Gasteiger partial charge on any atom is -0.396 e. The summed E-state index contributed by atoms with van der Waals surface area (Å²) in [4.78, 5) is 0. The van der Waals surface area contributed by atoms with Crippen molar-refractivity contribution in [2.24, 2.45) is 0 Å². The van der Waals surface area contributed by atoms with Crippen molar-refractivity contribution >= 4 is 0 Å². The molecule has 1 nitrogen and oxygen atoms in total. The van der Waals surface area contributed by atoms with Crippen molar-refractivity contribution < 1.29 is 22.7 Å². The Morgan fingerprint density at radius 1 is 0.867 bits per heavy atom. The molecule has 0 radical (unpaired) electrons. The van der Waals surface area contributed by atoms with Crippen LogP contribution in [0.2, 0.25) is 0 Å². The summed E-state index contributed by atoms with van der Waals surface area (Å²) in [5, 5.41) is 8.50. The van der Waals surface area contributed by atoms with Crippen LogP contribution in [0.3, 0.4) is 0 Å². The molecule has 5 heteroatoms. The van der Waals surface area contributed by atoms with Crippen LogP contribution in [0.5, 0.6) is 0 Å². The van der Waals surface area contributed by atoms with Gasteiger partial charge in [0.05, 0.1) is 0 Å². The normalized spacial score (nSPS) is 10.8. The van der Waals surface area contributed by atoms with E-state index in [1.165, 1.54) is 6.92 Å². The predicted octanol–water partition coefficient (Wildman–Crippen LogP) is 2.34. The first-order valence-corrected chi connectivity index (χ1v) is 4.49. The van der Waals surface area contributed by atoms with Gasteiger partial charge in [-0.25, -0.2) is 17.6 Å². The van der Waals surface area contributed by atoms with Gasteiger partial charge in [0.15, 0.2) is 23.3 Å². The third-order valence-electron chi connectivity index (χ3n) is 2.16. The van der Waals surface area contributed by atoms with Gasteiger partial charge in [0.1, 0.15) is 0 Å². The highest BCUT2D eigenvalue weighted by atomic mass is 19.2. The Bertz CT molecular complexity index is 347. The van der Waals surface area contributed by atoms with Crippen molar-refractivity contribution in [1.82, 2.24) is 0 Å². The molecule has 0 aliphatic carbocycles. The molecule has 0 amide bonds. The van der Waals surface area contributed by atoms with Crippen LogP contribution in [0.25, 0.3) is 0 Å². The summed E-state index contributed by atoms with van der Waals surface area (Å²) in [6, 6.07) is 0. The lowest BCUT2D eigenvalue weighted by molar-refractivity contribution is 0.292. The van der Waals surface area contributed by atoms with Crippen LogP contribution in [-0.4, -0.2) is 11.7 Å². The van der Waals surface area contributed by atoms with E-state index in [9.17, 15) is 17.6 Å². The van der Waals surface area contributed by atoms with Crippen molar-refractivity contribution in [3.8, 4) is 0 Å². The monoisotopic (exact) mass is 222 g/mol. The van der Waals surface area contributed by atoms with Gasteiger partial charge in [-0.1, -0.05) is 6.92 Å². The van der Waals surface area contributed by atoms with Crippen LogP contribution < -0.4 is 0 Å². The second kappa shape index (κ2) is 4.61. The van der Waals surface area contributed by atoms with Gasteiger partial charge in [0, 0.05) is 24.2 Å². The van der Waals surface area contributed by atoms with Gasteiger partial charge in [-0.3, -0.25) is 0 Å². The maximum atomic E-state index is 13.2. The fourth-order valence-corrected chi connectivity index (χ4v) is 1.36. The Balaban J connectivity index is 3.44. The molecule has 84 valence electrons. The predicted molar refractivity (Wildman–Crippen MR) is 46.4 cm³/mol. The minimum atomic E-state index is -1.42. The van der Waals surface area contributed by atoms with E-state index in [1.807, 2.05) is 0 Å². The number of aliphatic hydroxyl groups excluding tert-OH is 1. The molecule has 0 heterocycles. The molecule has 0 spiro atoms. The van der Waals surface area contributed by atoms with E-state index in [-0.39, 0.29) is 6.42 Å². The summed E-state index contributed by atoms with van der Waals surface area (Å²) in [5.41, 5.74) is -1.35. The van der Waals surface area contributed by atoms with E-state index in [0.29, 0.717) is 0 Å². The van der Waals surface area contributed by atoms with Gasteiger partial charge < -0.3 is 5.11 Å². The highest BCUT2D eigenvalue weighted by Crippen LogP contribution is 2.24. The number of aliphatic hydroxyl groups is 1. The second-order valence-electron chi connectivity index (χ2n) is 3.04. The molecule has 0 bridgehead atoms. The zero-order chi connectivity index (χ0) is 11.6. The largest absolute Gasteiger partial charge is 0.396 e. The number of halogens is 4. The van der Waals surface area contributed by atoms with Crippen LogP contribution in [-0.2, 0) is 12.8 Å². The van der Waals surface area contributed by atoms with Gasteiger partial charge >= 0.3 is 0 Å². The summed E-state index contributed by atoms with van der Waals surface area (Å²) in [5.74, 6) is -5.58. The maximum absolute atomic E-state index is 13.2. The summed E-state index contributed by atoms with van der Waals surface area (Å²) < 4.78 is 52.7. The molecule has 0 fully saturated rings. The van der Waals surface area contributed by atoms with Gasteiger partial charge in [-0.2, -0.15) is 0 Å². The Morgan fingerprint density at radius 3 is 1.60 bits per heavy atom. The first-order chi connectivity index (χ1) is 7.04. The molecular weight excluding hydrogens is 212 g/mol. The van der Waals surface area contributed by atoms with Crippen LogP contribution in [0.15, 0.2) is 0 Å². The van der Waals surface area contributed by atoms with Crippen molar-refractivity contribution in [2.45, 2.75) is 19.8 Å². The number of hydrogen-bond acceptors (Lipinski definition) is 1. The highest BCUT2D eigenvalue weighted by Gasteiger charge is 2.23. The molecule has 0 saturated heterocycles. The SMILES string of the molecule is CCc1c(F)c(F)c(CCO)c(F)c1F. The second-order valence-corrected chi connectivity index (χ2v) is 3.04. The molecule has 0 unspecified atom stereocenters. The number of rotatable bonds is 3. The third-order valence-corrected chi connectivity index (χ3v) is 2.16. The van der Waals surface area contributed by atoms with Gasteiger partial charge in [0.25, 0.3) is 0 Å². The van der Waals surface area contributed by atoms with E-state index in [0.717, 1.165) is 0 Å². The molecule has 0 aliphatic rings. The Kier molecular flexibility index (Phi) is 3.68. The zero-order valence-corrected chi connectivity index (χ0v) is 8.08. The molecule has 0 aliphatic heterocycles. The molecule has 0 saturated carbocycles. The van der Waals surface area contributed by atoms with E-state index in [2.05, 4.69) is 0 Å². The van der Waals surface area contributed by atoms with Crippen molar-refractivity contribution in [3.05, 3.63) is 34.4 Å². The minimum absolute atomic E-state index is 0.134. The average Bonchev–Trinajstić information content (AvgIpc) is 2.23. The van der Waals surface area contributed by atoms with Crippen molar-refractivity contribution in [1.29, 1.82) is 0 Å². The van der Waals surface area contributed by atoms with E-state index in [4.69, 9.17) is 5.11 Å². The van der Waals surface area contributed by atoms with Crippen molar-refractivity contribution in [2.75, 3.05) is 6.61 Å². The quantitative estimate of drug-likeness (QED) is 0.614. The standard InChI is InChI=1S/C10H10F4O/c1-2-5-7(11)9(13)6(3-4-15)10(14)8(5)12/h15H,2-4H2,1H3. The van der Waals surface area contributed by atoms with Crippen LogP contribution in [0.1, 0.15) is 18.1 Å². The molecule has 0 aromatic heterocycles. The first kappa shape index (κ1) is 12.0. The fraction of sp³-hybridized carbons (Fsp3) is 0.400. The summed E-state index contributed by atoms with van der Waals surface area (Å²) >= 11 is 0. The molecule has 1 aromatic carbocycles. The van der Waals surface area contributed by atoms with Gasteiger partial charge in [-0.15, -0.1) is 0 Å². The topological polar surface area (TPSA) is 20.2 Å². The maximum Gasteiger partial charge on any atom is 0.165 e. The smallest absolute Gasteiger partial charge is 0.165 e. The molecule has 1 rings (SSSR count). The van der Waals surface area contributed by atoms with Gasteiger partial charge in [0.2, 0.25) is 0 Å². The molecule has 15 heavy (non-hydrogen) atoms. The third kappa shape index (κ3) is 1.97. The highest BCUT2D eigenvalue weighted by molar-refractivity contribution is 5.30. The molecule has 0 atom stereocenters. The van der Waals surface area contributed by atoms with E-state index in [1.54, 1.807) is 0 Å². The zero-order valence-electron chi connectivity index (χ0n) is 8.08. The fourth-order valence-electron chi connectivity index (χ4n) is 1.36. The number of hydrogen-bond donors (Lipinski definition) is 1. The lowest BCUT2D eigenvalue weighted by atomic mass is 10.0. The molecule has 1 N–H and O–H groups in total. The molecule has 1 aromatic rings. The first-order valence-electron chi connectivity index (χ1n) is 4.49. The van der Waals surface area contributed by atoms with Gasteiger partial charge in [-0.05, 0) is 6.42 Å². The average molecular weight is 222 g/mol. The molecular formula is C10H10F4O. The summed E-state index contributed by atoms with van der Waals surface area (Å²) in [7, 11) is 0. The Labute approximate surface area is 84.3 Å². The Morgan fingerprint density at radius 2 is 1.27 bits per heavy atom. The summed E-state index contributed by atoms with van der Waals surface area (Å²) in [6.07, 6.45) is -0.583. The summed E-state index contributed by atoms with van der Waals surface area (Å²) in [6.45, 7) is 0.824. The van der Waals surface area contributed by atoms with Crippen LogP contribution in [0, 0.1) is 23.3 Å². The number of benzene rings is 1. The van der Waals surface area contributed by atoms with Crippen LogP contribution in [0.4, 0.5) is 17.6 Å². The van der Waals surface area contributed by atoms with Crippen molar-refractivity contribution in [3.63, 3.8) is 0 Å². The van der Waals surface area contributed by atoms with E-state index < -0.39 is 47.4 Å². The lowest BCUT2D eigenvalue weighted by Crippen LogP contribution is -2.09. The lowest BCUT2D eigenvalue weighted by Gasteiger charge is -2.09. The van der Waals surface area contributed by atoms with E-state index >= 15 is 0 Å². The Hall–Kier alpha value is -1.10.